The number of para-hydroxylation sites is 1. The first-order chi connectivity index (χ1) is 20.1. The van der Waals surface area contributed by atoms with E-state index >= 15 is 0 Å². The van der Waals surface area contributed by atoms with Crippen LogP contribution in [0.5, 0.6) is 0 Å². The first-order valence-electron chi connectivity index (χ1n) is 13.2. The van der Waals surface area contributed by atoms with E-state index in [-0.39, 0.29) is 40.0 Å². The van der Waals surface area contributed by atoms with Gasteiger partial charge in [0.2, 0.25) is 11.8 Å². The van der Waals surface area contributed by atoms with Crippen molar-refractivity contribution >= 4 is 32.5 Å². The summed E-state index contributed by atoms with van der Waals surface area (Å²) < 4.78 is 11.3. The van der Waals surface area contributed by atoms with Crippen molar-refractivity contribution < 1.29 is 35.4 Å². The zero-order chi connectivity index (χ0) is 30.5. The molecule has 12 nitrogen and oxygen atoms in total. The van der Waals surface area contributed by atoms with Gasteiger partial charge in [-0.25, -0.2) is 20.2 Å². The second kappa shape index (κ2) is 14.5. The first kappa shape index (κ1) is 34.2. The Bertz CT molecular complexity index is 1330. The maximum Gasteiger partial charge on any atom is 0.260 e. The molecule has 3 aliphatic heterocycles. The number of imide groups is 1. The standard InChI is InChI=1S/C16H15NO3.C9H9BN6.C3H9P.NO.W/c1-15-8-9-16(2,20-15)12-11(15)13(18)17(14(12)19)10-6-4-3-5-7-10;1-4-11-14(7-1)10(15-8-2-5-12-15)16-9-3-6-13-16;1-4(2)3;1-2;/h3-9,11-12H,1-2H3;1-9H;1-3H3;;/q;-1;;;/t11-,12+,15-,16+;;;;. The van der Waals surface area contributed by atoms with Crippen LogP contribution in [-0.2, 0) is 35.4 Å². The molecule has 4 aromatic rings. The van der Waals surface area contributed by atoms with Gasteiger partial charge in [0.15, 0.2) is 0 Å². The van der Waals surface area contributed by atoms with Gasteiger partial charge in [0.05, 0.1) is 28.7 Å². The summed E-state index contributed by atoms with van der Waals surface area (Å²) in [4.78, 5) is 34.0. The Labute approximate surface area is 267 Å². The molecule has 4 atom stereocenters. The average molecular weight is 771 g/mol. The van der Waals surface area contributed by atoms with E-state index in [2.05, 4.69) is 35.3 Å². The van der Waals surface area contributed by atoms with Crippen LogP contribution in [0.25, 0.3) is 0 Å². The minimum absolute atomic E-state index is 0. The van der Waals surface area contributed by atoms with Crippen molar-refractivity contribution in [3.05, 3.63) is 103 Å². The van der Waals surface area contributed by atoms with Crippen molar-refractivity contribution in [2.45, 2.75) is 25.0 Å². The minimum atomic E-state index is -0.657. The van der Waals surface area contributed by atoms with E-state index in [1.54, 1.807) is 44.5 Å². The van der Waals surface area contributed by atoms with Crippen LogP contribution in [0.2, 0.25) is 0 Å². The van der Waals surface area contributed by atoms with Crippen LogP contribution in [0.4, 0.5) is 5.69 Å². The largest absolute Gasteiger partial charge is 0.425 e. The number of carbonyl (C=O) groups is 2. The fourth-order valence-corrected chi connectivity index (χ4v) is 5.48. The van der Waals surface area contributed by atoms with Gasteiger partial charge in [-0.05, 0) is 82.8 Å². The molecule has 6 heterocycles. The van der Waals surface area contributed by atoms with Crippen LogP contribution in [0, 0.1) is 29.6 Å². The molecule has 224 valence electrons. The second-order valence-electron chi connectivity index (χ2n) is 10.8. The molecule has 15 heteroatoms. The molecule has 3 aromatic heterocycles. The number of nitroso groups, excluding NO2 is 1. The monoisotopic (exact) mass is 771 g/mol. The van der Waals surface area contributed by atoms with Crippen molar-refractivity contribution in [3.8, 4) is 0 Å². The average Bonchev–Trinajstić information content (AvgIpc) is 3.81. The van der Waals surface area contributed by atoms with Gasteiger partial charge in [-0.1, -0.05) is 18.2 Å². The molecule has 3 aliphatic rings. The number of ether oxygens (including phenoxy) is 1. The Morgan fingerprint density at radius 1 is 0.744 bits per heavy atom. The number of amides is 2. The Hall–Kier alpha value is -3.27. The van der Waals surface area contributed by atoms with Gasteiger partial charge in [-0.15, -0.1) is 12.8 Å². The summed E-state index contributed by atoms with van der Waals surface area (Å²) in [5.41, 5.74) is 5.08. The first-order valence-corrected chi connectivity index (χ1v) is 15.9. The van der Waals surface area contributed by atoms with Gasteiger partial charge in [-0.2, -0.15) is 0 Å². The number of rotatable bonds is 4. The van der Waals surface area contributed by atoms with Crippen LogP contribution >= 0.6 is 7.92 Å². The number of aromatic nitrogens is 6. The molecule has 0 N–H and O–H groups in total. The van der Waals surface area contributed by atoms with Crippen LogP contribution in [0.15, 0.2) is 85.7 Å². The van der Waals surface area contributed by atoms with E-state index in [9.17, 15) is 9.59 Å². The molecule has 43 heavy (non-hydrogen) atoms. The number of benzene rings is 1. The molecular formula is C28H33BN8O4PW-. The summed E-state index contributed by atoms with van der Waals surface area (Å²) in [5.74, 6) is -1.13. The molecule has 0 unspecified atom stereocenters. The third kappa shape index (κ3) is 6.95. The Kier molecular flexibility index (Phi) is 11.5. The van der Waals surface area contributed by atoms with E-state index in [1.807, 2.05) is 81.7 Å². The number of carbonyl (C=O) groups excluding carboxylic acids is 2. The SMILES string of the molecule is CP(C)C.C[C@]12[CH][CH][C@](C)(O1)[C@@H]1C(=O)N(c3ccccc3)C(=O)[C@@H]12.[N]=O.[W].c1cnn([B-](n2cccn2)n2cccn2)c1. The maximum absolute atomic E-state index is 12.7. The van der Waals surface area contributed by atoms with Crippen LogP contribution in [0.1, 0.15) is 13.8 Å². The summed E-state index contributed by atoms with van der Waals surface area (Å²) in [6.07, 6.45) is 14.7. The number of hydrogen-bond acceptors (Lipinski definition) is 7. The zero-order valence-corrected chi connectivity index (χ0v) is 28.4. The molecule has 0 spiro atoms. The van der Waals surface area contributed by atoms with E-state index in [0.717, 1.165) is 0 Å². The van der Waals surface area contributed by atoms with E-state index in [0.29, 0.717) is 13.6 Å². The number of hydrogen-bond donors (Lipinski definition) is 0. The molecule has 0 aliphatic carbocycles. The topological polar surface area (TPSA) is 139 Å². The van der Waals surface area contributed by atoms with E-state index in [4.69, 9.17) is 15.2 Å². The Morgan fingerprint density at radius 3 is 1.44 bits per heavy atom. The minimum Gasteiger partial charge on any atom is -0.425 e. The second-order valence-corrected chi connectivity index (χ2v) is 13.4. The predicted octanol–water partition coefficient (Wildman–Crippen LogP) is 2.88. The third-order valence-corrected chi connectivity index (χ3v) is 7.03. The fourth-order valence-electron chi connectivity index (χ4n) is 5.48. The molecule has 3 saturated heterocycles. The third-order valence-electron chi connectivity index (χ3n) is 7.03. The van der Waals surface area contributed by atoms with Crippen molar-refractivity contribution in [1.29, 1.82) is 0 Å². The van der Waals surface area contributed by atoms with E-state index in [1.165, 1.54) is 4.90 Å². The Balaban J connectivity index is 0.000000199. The molecule has 2 amide bonds. The van der Waals surface area contributed by atoms with Crippen molar-refractivity contribution in [1.82, 2.24) is 34.7 Å². The molecule has 7 rings (SSSR count). The van der Waals surface area contributed by atoms with Gasteiger partial charge < -0.3 is 18.5 Å². The smallest absolute Gasteiger partial charge is 0.260 e. The zero-order valence-electron chi connectivity index (χ0n) is 24.5. The van der Waals surface area contributed by atoms with Crippen molar-refractivity contribution in [3.63, 3.8) is 0 Å². The molecular weight excluding hydrogens is 738 g/mol. The van der Waals surface area contributed by atoms with Gasteiger partial charge >= 0.3 is 0 Å². The van der Waals surface area contributed by atoms with Crippen molar-refractivity contribution in [2.24, 2.45) is 11.8 Å². The molecule has 4 radical (unpaired) electrons. The van der Waals surface area contributed by atoms with Gasteiger partial charge in [0.25, 0.3) is 7.12 Å². The molecule has 3 fully saturated rings. The van der Waals surface area contributed by atoms with Crippen LogP contribution in [0.3, 0.4) is 0 Å². The molecule has 0 saturated carbocycles. The van der Waals surface area contributed by atoms with Gasteiger partial charge in [-0.3, -0.25) is 9.59 Å². The summed E-state index contributed by atoms with van der Waals surface area (Å²) in [5, 5.41) is 12.7. The van der Waals surface area contributed by atoms with Crippen molar-refractivity contribution in [2.75, 3.05) is 24.9 Å². The maximum atomic E-state index is 12.7. The predicted molar refractivity (Wildman–Crippen MR) is 161 cm³/mol. The molecule has 1 aromatic carbocycles. The summed E-state index contributed by atoms with van der Waals surface area (Å²) in [7, 11) is 0.185. The van der Waals surface area contributed by atoms with Gasteiger partial charge in [0, 0.05) is 52.5 Å². The number of fused-ring (bicyclic) bond motifs is 5. The van der Waals surface area contributed by atoms with Crippen LogP contribution < -0.4 is 10.5 Å². The fraction of sp³-hybridized carbons (Fsp3) is 0.321. The quantitative estimate of drug-likeness (QED) is 0.177. The summed E-state index contributed by atoms with van der Waals surface area (Å²) in [6, 6.07) is 14.7. The Morgan fingerprint density at radius 2 is 1.12 bits per heavy atom. The molecule has 2 bridgehead atoms. The normalized spacial score (nSPS) is 24.8. The van der Waals surface area contributed by atoms with Gasteiger partial charge in [0.1, 0.15) is 5.59 Å². The summed E-state index contributed by atoms with van der Waals surface area (Å²) in [6.45, 7) is 10.5. The van der Waals surface area contributed by atoms with Crippen LogP contribution in [-0.4, -0.2) is 79.2 Å². The summed E-state index contributed by atoms with van der Waals surface area (Å²) >= 11 is 0. The number of nitrogens with zero attached hydrogens (tertiary/aromatic N) is 8. The number of anilines is 1. The van der Waals surface area contributed by atoms with E-state index < -0.39 is 23.0 Å².